The van der Waals surface area contributed by atoms with E-state index >= 15 is 0 Å². The van der Waals surface area contributed by atoms with Crippen LogP contribution in [-0.2, 0) is 5.41 Å². The zero-order chi connectivity index (χ0) is 45.7. The second-order valence-electron chi connectivity index (χ2n) is 17.9. The summed E-state index contributed by atoms with van der Waals surface area (Å²) in [6, 6.07) is 101. The van der Waals surface area contributed by atoms with Crippen molar-refractivity contribution in [2.45, 2.75) is 5.41 Å². The van der Waals surface area contributed by atoms with Crippen molar-refractivity contribution >= 4 is 48.6 Å². The maximum atomic E-state index is 2.50. The van der Waals surface area contributed by atoms with Crippen molar-refractivity contribution < 1.29 is 0 Å². The van der Waals surface area contributed by atoms with E-state index < -0.39 is 5.41 Å². The molecule has 0 saturated heterocycles. The van der Waals surface area contributed by atoms with Gasteiger partial charge in [-0.15, -0.1) is 11.3 Å². The molecule has 324 valence electrons. The van der Waals surface area contributed by atoms with Crippen LogP contribution in [0.3, 0.4) is 0 Å². The quantitative estimate of drug-likeness (QED) is 0.140. The molecule has 12 aromatic rings. The van der Waals surface area contributed by atoms with Gasteiger partial charge < -0.3 is 4.90 Å². The summed E-state index contributed by atoms with van der Waals surface area (Å²) in [7, 11) is 0. The number of para-hydroxylation sites is 1. The lowest BCUT2D eigenvalue weighted by atomic mass is 9.68. The van der Waals surface area contributed by atoms with Gasteiger partial charge >= 0.3 is 0 Å². The molecule has 1 heterocycles. The highest BCUT2D eigenvalue weighted by atomic mass is 32.1. The van der Waals surface area contributed by atoms with Gasteiger partial charge in [0.2, 0.25) is 0 Å². The smallest absolute Gasteiger partial charge is 0.0713 e. The van der Waals surface area contributed by atoms with Crippen LogP contribution in [0.15, 0.2) is 273 Å². The lowest BCUT2D eigenvalue weighted by Crippen LogP contribution is -2.28. The molecule has 11 aromatic carbocycles. The van der Waals surface area contributed by atoms with Crippen LogP contribution in [0, 0.1) is 0 Å². The van der Waals surface area contributed by atoms with Gasteiger partial charge in [0.1, 0.15) is 0 Å². The van der Waals surface area contributed by atoms with Crippen molar-refractivity contribution in [3.63, 3.8) is 0 Å². The van der Waals surface area contributed by atoms with E-state index in [4.69, 9.17) is 0 Å². The number of rotatable bonds is 9. The summed E-state index contributed by atoms with van der Waals surface area (Å²) in [6.45, 7) is 0. The largest absolute Gasteiger partial charge is 0.310 e. The number of hydrogen-bond acceptors (Lipinski definition) is 2. The van der Waals surface area contributed by atoms with Crippen LogP contribution in [0.4, 0.5) is 17.1 Å². The second kappa shape index (κ2) is 16.9. The van der Waals surface area contributed by atoms with Crippen molar-refractivity contribution in [2.75, 3.05) is 4.90 Å². The highest BCUT2D eigenvalue weighted by Crippen LogP contribution is 2.57. The number of thiophene rings is 1. The van der Waals surface area contributed by atoms with Gasteiger partial charge in [0.05, 0.1) is 11.1 Å². The molecule has 1 aliphatic carbocycles. The van der Waals surface area contributed by atoms with E-state index in [0.29, 0.717) is 0 Å². The average Bonchev–Trinajstić information content (AvgIpc) is 3.96. The third-order valence-electron chi connectivity index (χ3n) is 14.2. The Balaban J connectivity index is 1.05. The van der Waals surface area contributed by atoms with Gasteiger partial charge in [0, 0.05) is 37.1 Å². The van der Waals surface area contributed by atoms with Gasteiger partial charge in [0.15, 0.2) is 0 Å². The summed E-state index contributed by atoms with van der Waals surface area (Å²) in [5, 5.41) is 2.60. The van der Waals surface area contributed by atoms with E-state index in [1.165, 1.54) is 92.5 Å². The zero-order valence-corrected chi connectivity index (χ0v) is 38.7. The van der Waals surface area contributed by atoms with Crippen molar-refractivity contribution in [3.05, 3.63) is 295 Å². The Morgan fingerprint density at radius 3 is 1.52 bits per heavy atom. The Morgan fingerprint density at radius 1 is 0.290 bits per heavy atom. The third-order valence-corrected chi connectivity index (χ3v) is 15.4. The summed E-state index contributed by atoms with van der Waals surface area (Å²) in [4.78, 5) is 2.50. The molecule has 1 nitrogen and oxygen atoms in total. The molecule has 0 spiro atoms. The van der Waals surface area contributed by atoms with Crippen LogP contribution in [0.2, 0.25) is 0 Å². The predicted molar refractivity (Wildman–Crippen MR) is 293 cm³/mol. The average molecular weight is 896 g/mol. The number of nitrogens with zero attached hydrogens (tertiary/aromatic N) is 1. The fourth-order valence-corrected chi connectivity index (χ4v) is 12.5. The van der Waals surface area contributed by atoms with E-state index in [9.17, 15) is 0 Å². The minimum atomic E-state index is -0.496. The van der Waals surface area contributed by atoms with Crippen LogP contribution in [0.5, 0.6) is 0 Å². The minimum absolute atomic E-state index is 0.496. The van der Waals surface area contributed by atoms with Crippen molar-refractivity contribution in [3.8, 4) is 55.6 Å². The summed E-state index contributed by atoms with van der Waals surface area (Å²) >= 11 is 1.88. The van der Waals surface area contributed by atoms with E-state index in [-0.39, 0.29) is 0 Å². The number of hydrogen-bond donors (Lipinski definition) is 0. The molecule has 0 N–H and O–H groups in total. The lowest BCUT2D eigenvalue weighted by Gasteiger charge is -2.34. The molecule has 0 unspecified atom stereocenters. The molecule has 1 aliphatic rings. The topological polar surface area (TPSA) is 3.24 Å². The van der Waals surface area contributed by atoms with Crippen LogP contribution < -0.4 is 4.90 Å². The summed E-state index contributed by atoms with van der Waals surface area (Å²) < 4.78 is 2.61. The number of fused-ring (bicyclic) bond motifs is 6. The third kappa shape index (κ3) is 6.67. The molecule has 69 heavy (non-hydrogen) atoms. The Labute approximate surface area is 407 Å². The Morgan fingerprint density at radius 2 is 0.783 bits per heavy atom. The van der Waals surface area contributed by atoms with E-state index in [1.807, 2.05) is 11.3 Å². The first-order chi connectivity index (χ1) is 34.3. The van der Waals surface area contributed by atoms with Crippen molar-refractivity contribution in [2.24, 2.45) is 0 Å². The first-order valence-electron chi connectivity index (χ1n) is 23.8. The van der Waals surface area contributed by atoms with E-state index in [0.717, 1.165) is 22.6 Å². The molecule has 0 aliphatic heterocycles. The fraction of sp³-hybridized carbons (Fsp3) is 0.0149. The normalized spacial score (nSPS) is 12.5. The summed E-state index contributed by atoms with van der Waals surface area (Å²) in [5.74, 6) is 0. The summed E-state index contributed by atoms with van der Waals surface area (Å²) in [5.41, 5.74) is 19.9. The Kier molecular flexibility index (Phi) is 10.00. The molecule has 0 amide bonds. The molecule has 0 atom stereocenters. The Hall–Kier alpha value is -8.56. The molecule has 1 aromatic heterocycles. The molecule has 0 saturated carbocycles. The van der Waals surface area contributed by atoms with Crippen LogP contribution in [0.25, 0.3) is 75.8 Å². The van der Waals surface area contributed by atoms with Crippen LogP contribution in [0.1, 0.15) is 22.3 Å². The SMILES string of the molecule is c1ccc(-c2ccccc2-c2ccccc2-c2ccccc2N(c2cccc(-c3cccc4c3sc3ccccc34)c2)c2ccc3c(c2)-c2ccccc2C3(c2ccccc2)c2ccccc2)cc1. The van der Waals surface area contributed by atoms with E-state index in [2.05, 4.69) is 278 Å². The van der Waals surface area contributed by atoms with Gasteiger partial charge in [-0.25, -0.2) is 0 Å². The lowest BCUT2D eigenvalue weighted by molar-refractivity contribution is 0.768. The molecule has 0 bridgehead atoms. The Bertz CT molecular complexity index is 3810. The predicted octanol–water partition coefficient (Wildman–Crippen LogP) is 18.6. The van der Waals surface area contributed by atoms with Gasteiger partial charge in [0.25, 0.3) is 0 Å². The first-order valence-corrected chi connectivity index (χ1v) is 24.6. The van der Waals surface area contributed by atoms with Gasteiger partial charge in [-0.3, -0.25) is 0 Å². The monoisotopic (exact) mass is 895 g/mol. The first kappa shape index (κ1) is 40.7. The molecular formula is C67H45NS. The number of anilines is 3. The zero-order valence-electron chi connectivity index (χ0n) is 37.8. The van der Waals surface area contributed by atoms with Gasteiger partial charge in [-0.1, -0.05) is 237 Å². The highest BCUT2D eigenvalue weighted by molar-refractivity contribution is 7.26. The molecular weight excluding hydrogens is 851 g/mol. The summed E-state index contributed by atoms with van der Waals surface area (Å²) in [6.07, 6.45) is 0. The van der Waals surface area contributed by atoms with E-state index in [1.54, 1.807) is 0 Å². The molecule has 0 fully saturated rings. The maximum absolute atomic E-state index is 2.50. The molecule has 13 rings (SSSR count). The van der Waals surface area contributed by atoms with Crippen LogP contribution in [-0.4, -0.2) is 0 Å². The minimum Gasteiger partial charge on any atom is -0.310 e. The second-order valence-corrected chi connectivity index (χ2v) is 19.0. The van der Waals surface area contributed by atoms with Crippen molar-refractivity contribution in [1.82, 2.24) is 0 Å². The molecule has 2 heteroatoms. The number of benzene rings is 11. The highest BCUT2D eigenvalue weighted by Gasteiger charge is 2.46. The fourth-order valence-electron chi connectivity index (χ4n) is 11.2. The maximum Gasteiger partial charge on any atom is 0.0713 e. The van der Waals surface area contributed by atoms with Gasteiger partial charge in [-0.05, 0) is 109 Å². The molecule has 0 radical (unpaired) electrons. The standard InChI is InChI=1S/C67H45NS/c1-4-22-46(23-5-1)52-30-10-11-31-54(52)55-32-12-13-33-56(55)58-35-15-18-40-64(58)68(50-29-20-24-47(44-50)53-37-21-38-60-59-36-16-19-41-65(59)69-66(53)60)51-42-43-63-61(45-51)57-34-14-17-39-62(57)67(63,48-25-6-2-7-26-48)49-27-8-3-9-28-49/h1-45H. The van der Waals surface area contributed by atoms with Crippen LogP contribution >= 0.6 is 11.3 Å². The van der Waals surface area contributed by atoms with Gasteiger partial charge in [-0.2, -0.15) is 0 Å². The van der Waals surface area contributed by atoms with Crippen molar-refractivity contribution in [1.29, 1.82) is 0 Å².